The molecule has 1 saturated heterocycles. The van der Waals surface area contributed by atoms with Gasteiger partial charge in [0.05, 0.1) is 12.5 Å². The average Bonchev–Trinajstić information content (AvgIpc) is 2.28. The van der Waals surface area contributed by atoms with Crippen LogP contribution in [0.25, 0.3) is 0 Å². The summed E-state index contributed by atoms with van der Waals surface area (Å²) in [6, 6.07) is -0.328. The summed E-state index contributed by atoms with van der Waals surface area (Å²) in [7, 11) is 0. The molecule has 110 valence electrons. The zero-order valence-electron chi connectivity index (χ0n) is 11.5. The van der Waals surface area contributed by atoms with Crippen molar-refractivity contribution in [1.29, 1.82) is 0 Å². The van der Waals surface area contributed by atoms with E-state index in [9.17, 15) is 9.59 Å². The Kier molecular flexibility index (Phi) is 6.58. The van der Waals surface area contributed by atoms with E-state index < -0.39 is 0 Å². The first-order valence-electron chi connectivity index (χ1n) is 6.99. The second kappa shape index (κ2) is 7.70. The lowest BCUT2D eigenvalue weighted by atomic mass is 9.85. The molecule has 1 heterocycles. The minimum atomic E-state index is -0.328. The third-order valence-electron chi connectivity index (χ3n) is 3.85. The lowest BCUT2D eigenvalue weighted by Crippen LogP contribution is -2.57. The van der Waals surface area contributed by atoms with Crippen molar-refractivity contribution in [2.75, 3.05) is 26.2 Å². The van der Waals surface area contributed by atoms with Crippen LogP contribution >= 0.6 is 12.4 Å². The highest BCUT2D eigenvalue weighted by atomic mass is 35.5. The smallest absolute Gasteiger partial charge is 0.240 e. The fourth-order valence-corrected chi connectivity index (χ4v) is 2.57. The van der Waals surface area contributed by atoms with Gasteiger partial charge in [0.15, 0.2) is 0 Å². The SMILES string of the molecule is CCNC(=O)CC1NCCN(CC2CCC2)C1=O.Cl. The molecule has 0 aromatic carbocycles. The van der Waals surface area contributed by atoms with Crippen molar-refractivity contribution in [2.45, 2.75) is 38.6 Å². The van der Waals surface area contributed by atoms with Gasteiger partial charge in [-0.3, -0.25) is 9.59 Å². The summed E-state index contributed by atoms with van der Waals surface area (Å²) in [6.45, 7) is 4.96. The molecule has 2 fully saturated rings. The molecule has 0 aromatic rings. The Morgan fingerprint density at radius 3 is 2.79 bits per heavy atom. The largest absolute Gasteiger partial charge is 0.356 e. The molecule has 2 N–H and O–H groups in total. The van der Waals surface area contributed by atoms with Gasteiger partial charge in [0.25, 0.3) is 0 Å². The van der Waals surface area contributed by atoms with Crippen LogP contribution in [-0.2, 0) is 9.59 Å². The molecular weight excluding hydrogens is 266 g/mol. The van der Waals surface area contributed by atoms with E-state index in [1.807, 2.05) is 11.8 Å². The number of halogens is 1. The molecule has 2 rings (SSSR count). The maximum Gasteiger partial charge on any atom is 0.240 e. The number of carbonyl (C=O) groups excluding carboxylic acids is 2. The van der Waals surface area contributed by atoms with E-state index >= 15 is 0 Å². The molecule has 0 aromatic heterocycles. The van der Waals surface area contributed by atoms with Crippen LogP contribution in [0.3, 0.4) is 0 Å². The second-order valence-electron chi connectivity index (χ2n) is 5.25. The van der Waals surface area contributed by atoms with E-state index in [0.29, 0.717) is 12.5 Å². The van der Waals surface area contributed by atoms with Gasteiger partial charge in [-0.15, -0.1) is 12.4 Å². The molecule has 2 aliphatic rings. The van der Waals surface area contributed by atoms with Crippen molar-refractivity contribution >= 4 is 24.2 Å². The fourth-order valence-electron chi connectivity index (χ4n) is 2.57. The van der Waals surface area contributed by atoms with Gasteiger partial charge in [-0.05, 0) is 25.7 Å². The molecular formula is C13H24ClN3O2. The summed E-state index contributed by atoms with van der Waals surface area (Å²) in [5.41, 5.74) is 0. The molecule has 1 atom stereocenters. The summed E-state index contributed by atoms with van der Waals surface area (Å²) >= 11 is 0. The molecule has 0 spiro atoms. The summed E-state index contributed by atoms with van der Waals surface area (Å²) < 4.78 is 0. The van der Waals surface area contributed by atoms with Crippen molar-refractivity contribution in [1.82, 2.24) is 15.5 Å². The van der Waals surface area contributed by atoms with Gasteiger partial charge in [-0.25, -0.2) is 0 Å². The standard InChI is InChI=1S/C13H23N3O2.ClH/c1-2-14-12(17)8-11-13(18)16(7-6-15-11)9-10-4-3-5-10;/h10-11,15H,2-9H2,1H3,(H,14,17);1H. The van der Waals surface area contributed by atoms with E-state index in [-0.39, 0.29) is 36.7 Å². The molecule has 2 amide bonds. The zero-order valence-corrected chi connectivity index (χ0v) is 12.3. The lowest BCUT2D eigenvalue weighted by molar-refractivity contribution is -0.139. The van der Waals surface area contributed by atoms with Crippen molar-refractivity contribution < 1.29 is 9.59 Å². The summed E-state index contributed by atoms with van der Waals surface area (Å²) in [5, 5.41) is 5.89. The second-order valence-corrected chi connectivity index (χ2v) is 5.25. The number of nitrogens with zero attached hydrogens (tertiary/aromatic N) is 1. The van der Waals surface area contributed by atoms with Gasteiger partial charge in [0, 0.05) is 26.2 Å². The minimum absolute atomic E-state index is 0. The molecule has 1 aliphatic heterocycles. The molecule has 5 nitrogen and oxygen atoms in total. The third-order valence-corrected chi connectivity index (χ3v) is 3.85. The zero-order chi connectivity index (χ0) is 13.0. The highest BCUT2D eigenvalue weighted by Crippen LogP contribution is 2.27. The Labute approximate surface area is 120 Å². The van der Waals surface area contributed by atoms with Crippen LogP contribution in [-0.4, -0.2) is 48.9 Å². The van der Waals surface area contributed by atoms with E-state index in [1.54, 1.807) is 0 Å². The number of piperazine rings is 1. The molecule has 0 bridgehead atoms. The van der Waals surface area contributed by atoms with Crippen molar-refractivity contribution in [3.63, 3.8) is 0 Å². The topological polar surface area (TPSA) is 61.4 Å². The average molecular weight is 290 g/mol. The molecule has 6 heteroatoms. The minimum Gasteiger partial charge on any atom is -0.356 e. The van der Waals surface area contributed by atoms with E-state index in [0.717, 1.165) is 19.6 Å². The van der Waals surface area contributed by atoms with Gasteiger partial charge in [-0.2, -0.15) is 0 Å². The number of amides is 2. The van der Waals surface area contributed by atoms with Crippen LogP contribution < -0.4 is 10.6 Å². The van der Waals surface area contributed by atoms with Crippen LogP contribution in [0, 0.1) is 5.92 Å². The predicted molar refractivity (Wildman–Crippen MR) is 76.3 cm³/mol. The van der Waals surface area contributed by atoms with Gasteiger partial charge in [-0.1, -0.05) is 6.42 Å². The molecule has 0 radical (unpaired) electrons. The van der Waals surface area contributed by atoms with Crippen LogP contribution in [0.4, 0.5) is 0 Å². The van der Waals surface area contributed by atoms with Crippen LogP contribution in [0.15, 0.2) is 0 Å². The third kappa shape index (κ3) is 4.35. The van der Waals surface area contributed by atoms with Gasteiger partial charge >= 0.3 is 0 Å². The van der Waals surface area contributed by atoms with E-state index in [2.05, 4.69) is 10.6 Å². The van der Waals surface area contributed by atoms with Crippen LogP contribution in [0.5, 0.6) is 0 Å². The number of nitrogens with one attached hydrogen (secondary N) is 2. The number of rotatable bonds is 5. The van der Waals surface area contributed by atoms with Crippen molar-refractivity contribution in [2.24, 2.45) is 5.92 Å². The number of hydrogen-bond acceptors (Lipinski definition) is 3. The lowest BCUT2D eigenvalue weighted by Gasteiger charge is -2.37. The quantitative estimate of drug-likeness (QED) is 0.776. The molecule has 1 saturated carbocycles. The highest BCUT2D eigenvalue weighted by molar-refractivity contribution is 5.88. The Bertz CT molecular complexity index is 321. The van der Waals surface area contributed by atoms with Crippen LogP contribution in [0.2, 0.25) is 0 Å². The number of carbonyl (C=O) groups is 2. The Morgan fingerprint density at radius 2 is 2.21 bits per heavy atom. The maximum atomic E-state index is 12.2. The summed E-state index contributed by atoms with van der Waals surface area (Å²) in [6.07, 6.45) is 4.05. The Balaban J connectivity index is 0.00000180. The normalized spacial score (nSPS) is 23.5. The Hall–Kier alpha value is -0.810. The van der Waals surface area contributed by atoms with Crippen LogP contribution in [0.1, 0.15) is 32.6 Å². The van der Waals surface area contributed by atoms with Crippen molar-refractivity contribution in [3.05, 3.63) is 0 Å². The maximum absolute atomic E-state index is 12.2. The fraction of sp³-hybridized carbons (Fsp3) is 0.846. The molecule has 1 unspecified atom stereocenters. The van der Waals surface area contributed by atoms with E-state index in [4.69, 9.17) is 0 Å². The van der Waals surface area contributed by atoms with Gasteiger partial charge in [0.2, 0.25) is 11.8 Å². The first-order valence-corrected chi connectivity index (χ1v) is 6.99. The molecule has 19 heavy (non-hydrogen) atoms. The first-order chi connectivity index (χ1) is 8.70. The van der Waals surface area contributed by atoms with E-state index in [1.165, 1.54) is 19.3 Å². The summed E-state index contributed by atoms with van der Waals surface area (Å²) in [4.78, 5) is 25.7. The van der Waals surface area contributed by atoms with Gasteiger partial charge in [0.1, 0.15) is 0 Å². The Morgan fingerprint density at radius 1 is 1.47 bits per heavy atom. The first kappa shape index (κ1) is 16.2. The summed E-state index contributed by atoms with van der Waals surface area (Å²) in [5.74, 6) is 0.741. The number of hydrogen-bond donors (Lipinski definition) is 2. The highest BCUT2D eigenvalue weighted by Gasteiger charge is 2.32. The van der Waals surface area contributed by atoms with Crippen molar-refractivity contribution in [3.8, 4) is 0 Å². The molecule has 1 aliphatic carbocycles. The monoisotopic (exact) mass is 289 g/mol. The van der Waals surface area contributed by atoms with Gasteiger partial charge < -0.3 is 15.5 Å². The predicted octanol–water partition coefficient (Wildman–Crippen LogP) is 0.535.